The maximum absolute atomic E-state index is 11.6. The minimum absolute atomic E-state index is 0.386. The van der Waals surface area contributed by atoms with Gasteiger partial charge in [0, 0.05) is 0 Å². The first-order chi connectivity index (χ1) is 9.64. The van der Waals surface area contributed by atoms with Crippen molar-refractivity contribution in [1.29, 1.82) is 0 Å². The van der Waals surface area contributed by atoms with Gasteiger partial charge in [-0.25, -0.2) is 4.79 Å². The summed E-state index contributed by atoms with van der Waals surface area (Å²) in [5.41, 5.74) is -2.52. The fourth-order valence-corrected chi connectivity index (χ4v) is 1.39. The lowest BCUT2D eigenvalue weighted by Crippen LogP contribution is -2.44. The maximum atomic E-state index is 11.6. The molecule has 2 atom stereocenters. The Kier molecular flexibility index (Phi) is 7.94. The zero-order chi connectivity index (χ0) is 16.6. The molecule has 0 aliphatic heterocycles. The van der Waals surface area contributed by atoms with E-state index >= 15 is 0 Å². The summed E-state index contributed by atoms with van der Waals surface area (Å²) >= 11 is 0. The molecule has 0 amide bonds. The molecule has 0 aromatic rings. The molecule has 0 rings (SSSR count). The standard InChI is InChI=1S/C14H24O7/c1-5-9(3)20-11(15)7-14(19,13(17)18)8-12(16)21-10(4)6-2/h9-10,19H,5-8H2,1-4H3,(H,17,18). The molecule has 0 saturated carbocycles. The van der Waals surface area contributed by atoms with Crippen LogP contribution in [0.3, 0.4) is 0 Å². The lowest BCUT2D eigenvalue weighted by Gasteiger charge is -2.23. The van der Waals surface area contributed by atoms with Gasteiger partial charge < -0.3 is 19.7 Å². The average Bonchev–Trinajstić information content (AvgIpc) is 2.37. The molecule has 122 valence electrons. The summed E-state index contributed by atoms with van der Waals surface area (Å²) in [7, 11) is 0. The minimum Gasteiger partial charge on any atom is -0.479 e. The SMILES string of the molecule is CCC(C)OC(=O)CC(O)(CC(=O)OC(C)CC)C(=O)O. The minimum atomic E-state index is -2.52. The Bertz CT molecular complexity index is 352. The molecular weight excluding hydrogens is 280 g/mol. The molecule has 2 N–H and O–H groups in total. The van der Waals surface area contributed by atoms with Crippen molar-refractivity contribution < 1.29 is 34.1 Å². The van der Waals surface area contributed by atoms with Crippen LogP contribution in [0.1, 0.15) is 53.4 Å². The van der Waals surface area contributed by atoms with Gasteiger partial charge in [-0.15, -0.1) is 0 Å². The number of carboxylic acids is 1. The number of carbonyl (C=O) groups is 3. The Balaban J connectivity index is 4.73. The van der Waals surface area contributed by atoms with Gasteiger partial charge in [0.1, 0.15) is 0 Å². The van der Waals surface area contributed by atoms with E-state index in [1.54, 1.807) is 27.7 Å². The average molecular weight is 304 g/mol. The van der Waals surface area contributed by atoms with Crippen molar-refractivity contribution in [3.05, 3.63) is 0 Å². The van der Waals surface area contributed by atoms with Gasteiger partial charge in [0.2, 0.25) is 0 Å². The smallest absolute Gasteiger partial charge is 0.336 e. The molecular formula is C14H24O7. The van der Waals surface area contributed by atoms with Crippen molar-refractivity contribution in [2.45, 2.75) is 71.2 Å². The summed E-state index contributed by atoms with van der Waals surface area (Å²) < 4.78 is 9.83. The molecule has 0 fully saturated rings. The summed E-state index contributed by atoms with van der Waals surface area (Å²) in [6, 6.07) is 0. The molecule has 0 bridgehead atoms. The van der Waals surface area contributed by atoms with E-state index in [0.717, 1.165) is 0 Å². The molecule has 7 nitrogen and oxygen atoms in total. The van der Waals surface area contributed by atoms with Gasteiger partial charge in [0.05, 0.1) is 25.0 Å². The summed E-state index contributed by atoms with van der Waals surface area (Å²) in [5.74, 6) is -3.40. The first-order valence-corrected chi connectivity index (χ1v) is 6.99. The van der Waals surface area contributed by atoms with Crippen LogP contribution in [0.4, 0.5) is 0 Å². The van der Waals surface area contributed by atoms with Crippen LogP contribution in [0, 0.1) is 0 Å². The number of aliphatic hydroxyl groups is 1. The topological polar surface area (TPSA) is 110 Å². The normalized spacial score (nSPS) is 16.4. The van der Waals surface area contributed by atoms with E-state index in [2.05, 4.69) is 0 Å². The predicted octanol–water partition coefficient (Wildman–Crippen LogP) is 1.27. The van der Waals surface area contributed by atoms with Crippen LogP contribution in [0.5, 0.6) is 0 Å². The van der Waals surface area contributed by atoms with Crippen molar-refractivity contribution in [2.75, 3.05) is 0 Å². The summed E-state index contributed by atoms with van der Waals surface area (Å²) in [6.45, 7) is 6.89. The van der Waals surface area contributed by atoms with Crippen LogP contribution < -0.4 is 0 Å². The molecule has 0 saturated heterocycles. The molecule has 21 heavy (non-hydrogen) atoms. The van der Waals surface area contributed by atoms with Crippen LogP contribution in [0.2, 0.25) is 0 Å². The fourth-order valence-electron chi connectivity index (χ4n) is 1.39. The van der Waals surface area contributed by atoms with Crippen molar-refractivity contribution in [2.24, 2.45) is 0 Å². The van der Waals surface area contributed by atoms with Crippen LogP contribution >= 0.6 is 0 Å². The number of rotatable bonds is 9. The molecule has 7 heteroatoms. The fraction of sp³-hybridized carbons (Fsp3) is 0.786. The van der Waals surface area contributed by atoms with Crippen LogP contribution in [0.25, 0.3) is 0 Å². The highest BCUT2D eigenvalue weighted by molar-refractivity contribution is 5.89. The predicted molar refractivity (Wildman–Crippen MR) is 73.5 cm³/mol. The first-order valence-electron chi connectivity index (χ1n) is 6.99. The van der Waals surface area contributed by atoms with Gasteiger partial charge in [-0.1, -0.05) is 13.8 Å². The molecule has 0 aliphatic carbocycles. The Hall–Kier alpha value is -1.63. The third-order valence-electron chi connectivity index (χ3n) is 3.09. The third kappa shape index (κ3) is 7.08. The zero-order valence-corrected chi connectivity index (χ0v) is 12.9. The quantitative estimate of drug-likeness (QED) is 0.617. The van der Waals surface area contributed by atoms with E-state index in [1.807, 2.05) is 0 Å². The van der Waals surface area contributed by atoms with Gasteiger partial charge >= 0.3 is 17.9 Å². The third-order valence-corrected chi connectivity index (χ3v) is 3.09. The molecule has 0 aliphatic rings. The number of aliphatic carboxylic acids is 1. The van der Waals surface area contributed by atoms with Gasteiger partial charge in [0.15, 0.2) is 5.60 Å². The van der Waals surface area contributed by atoms with Gasteiger partial charge in [-0.2, -0.15) is 0 Å². The molecule has 0 aromatic heterocycles. The highest BCUT2D eigenvalue weighted by Gasteiger charge is 2.42. The van der Waals surface area contributed by atoms with Crippen molar-refractivity contribution in [3.63, 3.8) is 0 Å². The highest BCUT2D eigenvalue weighted by atomic mass is 16.6. The molecule has 0 aromatic carbocycles. The lowest BCUT2D eigenvalue weighted by atomic mass is 9.95. The summed E-state index contributed by atoms with van der Waals surface area (Å²) in [4.78, 5) is 34.3. The van der Waals surface area contributed by atoms with Crippen molar-refractivity contribution >= 4 is 17.9 Å². The summed E-state index contributed by atoms with van der Waals surface area (Å²) in [5, 5.41) is 19.0. The van der Waals surface area contributed by atoms with Crippen LogP contribution in [0.15, 0.2) is 0 Å². The van der Waals surface area contributed by atoms with E-state index in [4.69, 9.17) is 14.6 Å². The number of esters is 2. The Morgan fingerprint density at radius 3 is 1.52 bits per heavy atom. The van der Waals surface area contributed by atoms with E-state index in [0.29, 0.717) is 12.8 Å². The van der Waals surface area contributed by atoms with E-state index in [-0.39, 0.29) is 12.2 Å². The van der Waals surface area contributed by atoms with E-state index < -0.39 is 36.4 Å². The number of ether oxygens (including phenoxy) is 2. The second-order valence-electron chi connectivity index (χ2n) is 5.11. The largest absolute Gasteiger partial charge is 0.479 e. The lowest BCUT2D eigenvalue weighted by molar-refractivity contribution is -0.175. The number of hydrogen-bond acceptors (Lipinski definition) is 6. The van der Waals surface area contributed by atoms with Gasteiger partial charge in [0.25, 0.3) is 0 Å². The van der Waals surface area contributed by atoms with Crippen LogP contribution in [-0.4, -0.2) is 45.9 Å². The van der Waals surface area contributed by atoms with Crippen molar-refractivity contribution in [3.8, 4) is 0 Å². The Morgan fingerprint density at radius 2 is 1.29 bits per heavy atom. The highest BCUT2D eigenvalue weighted by Crippen LogP contribution is 2.19. The van der Waals surface area contributed by atoms with E-state index in [9.17, 15) is 19.5 Å². The number of hydrogen-bond donors (Lipinski definition) is 2. The molecule has 2 unspecified atom stereocenters. The van der Waals surface area contributed by atoms with Gasteiger partial charge in [-0.05, 0) is 26.7 Å². The van der Waals surface area contributed by atoms with Gasteiger partial charge in [-0.3, -0.25) is 9.59 Å². The first kappa shape index (κ1) is 19.4. The number of carbonyl (C=O) groups excluding carboxylic acids is 2. The second-order valence-corrected chi connectivity index (χ2v) is 5.11. The van der Waals surface area contributed by atoms with E-state index in [1.165, 1.54) is 0 Å². The number of carboxylic acid groups (broad SMARTS) is 1. The molecule has 0 radical (unpaired) electrons. The second kappa shape index (κ2) is 8.61. The van der Waals surface area contributed by atoms with Crippen molar-refractivity contribution in [1.82, 2.24) is 0 Å². The zero-order valence-electron chi connectivity index (χ0n) is 12.9. The monoisotopic (exact) mass is 304 g/mol. The Morgan fingerprint density at radius 1 is 0.952 bits per heavy atom. The summed E-state index contributed by atoms with van der Waals surface area (Å²) in [6.07, 6.45) is -1.25. The van der Waals surface area contributed by atoms with Crippen LogP contribution in [-0.2, 0) is 23.9 Å². The maximum Gasteiger partial charge on any atom is 0.336 e. The Labute approximate surface area is 124 Å². The molecule has 0 spiro atoms. The molecule has 0 heterocycles.